The van der Waals surface area contributed by atoms with Crippen LogP contribution in [0.5, 0.6) is 0 Å². The third-order valence-electron chi connectivity index (χ3n) is 6.29. The molecule has 0 aliphatic heterocycles. The van der Waals surface area contributed by atoms with E-state index < -0.39 is 0 Å². The predicted octanol–water partition coefficient (Wildman–Crippen LogP) is 6.73. The number of benzene rings is 3. The second kappa shape index (κ2) is 11.2. The Morgan fingerprint density at radius 2 is 1.71 bits per heavy atom. The molecule has 0 saturated heterocycles. The zero-order chi connectivity index (χ0) is 24.8. The van der Waals surface area contributed by atoms with Crippen molar-refractivity contribution in [2.75, 3.05) is 0 Å². The van der Waals surface area contributed by atoms with E-state index in [4.69, 9.17) is 16.6 Å². The molecule has 176 valence electrons. The van der Waals surface area contributed by atoms with Crippen molar-refractivity contribution in [2.45, 2.75) is 46.1 Å². The Morgan fingerprint density at radius 3 is 2.43 bits per heavy atom. The number of unbranched alkanes of at least 4 members (excludes halogenated alkanes) is 1. The molecule has 0 aliphatic carbocycles. The van der Waals surface area contributed by atoms with Gasteiger partial charge in [0.15, 0.2) is 0 Å². The molecule has 0 unspecified atom stereocenters. The summed E-state index contributed by atoms with van der Waals surface area (Å²) in [5.74, 6) is 0.702. The van der Waals surface area contributed by atoms with Crippen molar-refractivity contribution in [3.8, 4) is 17.2 Å². The van der Waals surface area contributed by atoms with Crippen LogP contribution in [0.15, 0.2) is 77.6 Å². The minimum absolute atomic E-state index is 0.0116. The number of rotatable bonds is 8. The van der Waals surface area contributed by atoms with Crippen LogP contribution in [0.1, 0.15) is 53.5 Å². The van der Waals surface area contributed by atoms with E-state index in [2.05, 4.69) is 13.0 Å². The molecule has 1 aromatic heterocycles. The summed E-state index contributed by atoms with van der Waals surface area (Å²) in [5.41, 5.74) is 6.07. The lowest BCUT2D eigenvalue weighted by molar-refractivity contribution is 0.662. The highest BCUT2D eigenvalue weighted by Crippen LogP contribution is 2.24. The first-order valence-electron chi connectivity index (χ1n) is 11.9. The Kier molecular flexibility index (Phi) is 7.80. The molecular weight excluding hydrogens is 454 g/mol. The van der Waals surface area contributed by atoms with E-state index in [1.165, 1.54) is 0 Å². The van der Waals surface area contributed by atoms with E-state index in [0.717, 1.165) is 52.8 Å². The van der Waals surface area contributed by atoms with Gasteiger partial charge < -0.3 is 0 Å². The summed E-state index contributed by atoms with van der Waals surface area (Å²) in [4.78, 5) is 18.6. The maximum absolute atomic E-state index is 13.7. The SMILES string of the molecule is CCCCc1nc(C)n(Cc2ccccc2Cl)c(=O)c1Cc1ccc(-c2ccccc2C#N)cc1. The Balaban J connectivity index is 1.70. The largest absolute Gasteiger partial charge is 0.292 e. The van der Waals surface area contributed by atoms with Gasteiger partial charge in [-0.3, -0.25) is 9.36 Å². The summed E-state index contributed by atoms with van der Waals surface area (Å²) in [6.45, 7) is 4.42. The van der Waals surface area contributed by atoms with Gasteiger partial charge in [-0.15, -0.1) is 0 Å². The zero-order valence-corrected chi connectivity index (χ0v) is 20.8. The van der Waals surface area contributed by atoms with Gasteiger partial charge in [0.25, 0.3) is 5.56 Å². The molecule has 3 aromatic carbocycles. The fourth-order valence-corrected chi connectivity index (χ4v) is 4.50. The smallest absolute Gasteiger partial charge is 0.257 e. The molecule has 5 heteroatoms. The van der Waals surface area contributed by atoms with Crippen molar-refractivity contribution in [1.29, 1.82) is 5.26 Å². The minimum Gasteiger partial charge on any atom is -0.292 e. The van der Waals surface area contributed by atoms with E-state index in [0.29, 0.717) is 29.4 Å². The molecule has 0 atom stereocenters. The summed E-state index contributed by atoms with van der Waals surface area (Å²) >= 11 is 6.38. The number of nitriles is 1. The van der Waals surface area contributed by atoms with Crippen molar-refractivity contribution >= 4 is 11.6 Å². The van der Waals surface area contributed by atoms with Crippen molar-refractivity contribution in [3.63, 3.8) is 0 Å². The lowest BCUT2D eigenvalue weighted by atomic mass is 9.97. The van der Waals surface area contributed by atoms with E-state index in [1.807, 2.05) is 79.7 Å². The third-order valence-corrected chi connectivity index (χ3v) is 6.65. The summed E-state index contributed by atoms with van der Waals surface area (Å²) in [7, 11) is 0. The monoisotopic (exact) mass is 481 g/mol. The van der Waals surface area contributed by atoms with Crippen LogP contribution < -0.4 is 5.56 Å². The van der Waals surface area contributed by atoms with Gasteiger partial charge in [-0.05, 0) is 54.2 Å². The van der Waals surface area contributed by atoms with Gasteiger partial charge in [0.1, 0.15) is 5.82 Å². The topological polar surface area (TPSA) is 58.7 Å². The highest BCUT2D eigenvalue weighted by molar-refractivity contribution is 6.31. The van der Waals surface area contributed by atoms with Crippen molar-refractivity contribution < 1.29 is 0 Å². The first-order chi connectivity index (χ1) is 17.0. The van der Waals surface area contributed by atoms with Gasteiger partial charge in [0.05, 0.1) is 23.9 Å². The molecule has 4 rings (SSSR count). The van der Waals surface area contributed by atoms with E-state index in [1.54, 1.807) is 4.57 Å². The second-order valence-electron chi connectivity index (χ2n) is 8.70. The second-order valence-corrected chi connectivity index (χ2v) is 9.11. The Labute approximate surface area is 211 Å². The van der Waals surface area contributed by atoms with Gasteiger partial charge in [-0.25, -0.2) is 4.98 Å². The van der Waals surface area contributed by atoms with Crippen LogP contribution in [0.3, 0.4) is 0 Å². The van der Waals surface area contributed by atoms with Gasteiger partial charge in [0.2, 0.25) is 0 Å². The van der Waals surface area contributed by atoms with Crippen molar-refractivity contribution in [2.24, 2.45) is 0 Å². The maximum Gasteiger partial charge on any atom is 0.257 e. The van der Waals surface area contributed by atoms with E-state index in [9.17, 15) is 10.1 Å². The Hall–Kier alpha value is -3.68. The fraction of sp³-hybridized carbons (Fsp3) is 0.233. The number of hydrogen-bond acceptors (Lipinski definition) is 3. The standard InChI is InChI=1S/C30H28ClN3O/c1-3-4-13-29-27(30(35)34(21(2)33-29)20-25-10-6-8-12-28(25)31)18-22-14-16-23(17-15-22)26-11-7-5-9-24(26)19-32/h5-12,14-17H,3-4,13,18,20H2,1-2H3. The first-order valence-corrected chi connectivity index (χ1v) is 12.3. The number of aromatic nitrogens is 2. The first kappa shape index (κ1) is 24.4. The number of hydrogen-bond donors (Lipinski definition) is 0. The molecule has 0 bridgehead atoms. The molecule has 0 amide bonds. The summed E-state index contributed by atoms with van der Waals surface area (Å²) in [6, 6.07) is 25.5. The molecule has 4 aromatic rings. The van der Waals surface area contributed by atoms with Crippen LogP contribution in [-0.2, 0) is 19.4 Å². The average molecular weight is 482 g/mol. The van der Waals surface area contributed by atoms with E-state index >= 15 is 0 Å². The molecule has 0 fully saturated rings. The number of aryl methyl sites for hydroxylation is 2. The van der Waals surface area contributed by atoms with Crippen LogP contribution in [0.2, 0.25) is 5.02 Å². The van der Waals surface area contributed by atoms with Crippen LogP contribution in [0, 0.1) is 18.3 Å². The van der Waals surface area contributed by atoms with E-state index in [-0.39, 0.29) is 5.56 Å². The number of halogens is 1. The highest BCUT2D eigenvalue weighted by Gasteiger charge is 2.16. The lowest BCUT2D eigenvalue weighted by Gasteiger charge is -2.16. The van der Waals surface area contributed by atoms with Crippen LogP contribution >= 0.6 is 11.6 Å². The molecule has 35 heavy (non-hydrogen) atoms. The molecule has 0 saturated carbocycles. The molecule has 1 heterocycles. The summed E-state index contributed by atoms with van der Waals surface area (Å²) in [5, 5.41) is 10.1. The Bertz CT molecular complexity index is 1430. The molecular formula is C30H28ClN3O. The Morgan fingerprint density at radius 1 is 1.00 bits per heavy atom. The highest BCUT2D eigenvalue weighted by atomic mass is 35.5. The number of nitrogens with zero attached hydrogens (tertiary/aromatic N) is 3. The van der Waals surface area contributed by atoms with Gasteiger partial charge in [-0.2, -0.15) is 5.26 Å². The van der Waals surface area contributed by atoms with Crippen molar-refractivity contribution in [1.82, 2.24) is 9.55 Å². The lowest BCUT2D eigenvalue weighted by Crippen LogP contribution is -2.30. The quantitative estimate of drug-likeness (QED) is 0.280. The maximum atomic E-state index is 13.7. The molecule has 0 aliphatic rings. The van der Waals surface area contributed by atoms with Gasteiger partial charge in [0, 0.05) is 17.0 Å². The normalized spacial score (nSPS) is 10.8. The fourth-order valence-electron chi connectivity index (χ4n) is 4.31. The van der Waals surface area contributed by atoms with Crippen LogP contribution in [-0.4, -0.2) is 9.55 Å². The van der Waals surface area contributed by atoms with Gasteiger partial charge >= 0.3 is 0 Å². The third kappa shape index (κ3) is 5.53. The molecule has 4 nitrogen and oxygen atoms in total. The molecule has 0 spiro atoms. The van der Waals surface area contributed by atoms with Crippen LogP contribution in [0.4, 0.5) is 0 Å². The van der Waals surface area contributed by atoms with Gasteiger partial charge in [-0.1, -0.05) is 85.6 Å². The zero-order valence-electron chi connectivity index (χ0n) is 20.1. The average Bonchev–Trinajstić information content (AvgIpc) is 2.88. The minimum atomic E-state index is -0.0116. The summed E-state index contributed by atoms with van der Waals surface area (Å²) in [6.07, 6.45) is 3.31. The molecule has 0 N–H and O–H groups in total. The summed E-state index contributed by atoms with van der Waals surface area (Å²) < 4.78 is 1.73. The predicted molar refractivity (Wildman–Crippen MR) is 142 cm³/mol. The molecule has 0 radical (unpaired) electrons. The van der Waals surface area contributed by atoms with Crippen LogP contribution in [0.25, 0.3) is 11.1 Å². The van der Waals surface area contributed by atoms with Crippen molar-refractivity contribution in [3.05, 3.63) is 122 Å².